The van der Waals surface area contributed by atoms with E-state index in [4.69, 9.17) is 4.42 Å². The monoisotopic (exact) mass is 381 g/mol. The van der Waals surface area contributed by atoms with E-state index in [1.807, 2.05) is 0 Å². The van der Waals surface area contributed by atoms with E-state index in [0.29, 0.717) is 31.2 Å². The number of rotatable bonds is 4. The molecule has 4 rings (SSSR count). The molecule has 6 nitrogen and oxygen atoms in total. The van der Waals surface area contributed by atoms with E-state index in [-0.39, 0.29) is 29.1 Å². The van der Waals surface area contributed by atoms with Gasteiger partial charge in [-0.25, -0.2) is 14.4 Å². The van der Waals surface area contributed by atoms with Gasteiger partial charge in [0.2, 0.25) is 0 Å². The average Bonchev–Trinajstić information content (AvgIpc) is 3.18. The van der Waals surface area contributed by atoms with Gasteiger partial charge in [-0.3, -0.25) is 4.79 Å². The second kappa shape index (κ2) is 7.80. The standard InChI is InChI=1S/C21H20FN3O3/c22-16-7-5-14(6-8-16)11-17-12-24-20(28-17)15-3-2-10-25(13-15)21(27)19-18(26)4-1-9-23-19/h1,4-9,12,15,26H,2-3,10-11,13H2/t15-/m1/s1. The molecule has 0 aliphatic carbocycles. The smallest absolute Gasteiger partial charge is 0.276 e. The number of benzene rings is 1. The van der Waals surface area contributed by atoms with E-state index < -0.39 is 0 Å². The van der Waals surface area contributed by atoms with Crippen LogP contribution in [0, 0.1) is 5.82 Å². The molecule has 144 valence electrons. The van der Waals surface area contributed by atoms with Gasteiger partial charge in [0, 0.05) is 25.7 Å². The van der Waals surface area contributed by atoms with Crippen molar-refractivity contribution in [1.29, 1.82) is 0 Å². The zero-order chi connectivity index (χ0) is 19.5. The summed E-state index contributed by atoms with van der Waals surface area (Å²) in [7, 11) is 0. The Labute approximate surface area is 161 Å². The van der Waals surface area contributed by atoms with Crippen LogP contribution < -0.4 is 0 Å². The maximum Gasteiger partial charge on any atom is 0.276 e. The minimum atomic E-state index is -0.291. The van der Waals surface area contributed by atoms with Crippen molar-refractivity contribution in [1.82, 2.24) is 14.9 Å². The Morgan fingerprint density at radius 3 is 2.86 bits per heavy atom. The summed E-state index contributed by atoms with van der Waals surface area (Å²) >= 11 is 0. The predicted octanol–water partition coefficient (Wildman–Crippen LogP) is 3.52. The first-order valence-electron chi connectivity index (χ1n) is 9.22. The molecule has 1 amide bonds. The van der Waals surface area contributed by atoms with Gasteiger partial charge in [-0.1, -0.05) is 12.1 Å². The minimum Gasteiger partial charge on any atom is -0.505 e. The predicted molar refractivity (Wildman–Crippen MR) is 99.5 cm³/mol. The summed E-state index contributed by atoms with van der Waals surface area (Å²) in [6, 6.07) is 9.32. The molecule has 1 N–H and O–H groups in total. The van der Waals surface area contributed by atoms with Crippen LogP contribution in [0.5, 0.6) is 5.75 Å². The molecule has 0 saturated carbocycles. The highest BCUT2D eigenvalue weighted by molar-refractivity contribution is 5.94. The van der Waals surface area contributed by atoms with Gasteiger partial charge < -0.3 is 14.4 Å². The van der Waals surface area contributed by atoms with Crippen molar-refractivity contribution < 1.29 is 18.7 Å². The van der Waals surface area contributed by atoms with Crippen LogP contribution in [-0.4, -0.2) is 39.0 Å². The van der Waals surface area contributed by atoms with E-state index in [1.54, 1.807) is 29.3 Å². The van der Waals surface area contributed by atoms with Crippen LogP contribution in [0.2, 0.25) is 0 Å². The maximum atomic E-state index is 13.0. The summed E-state index contributed by atoms with van der Waals surface area (Å²) in [6.45, 7) is 1.07. The Morgan fingerprint density at radius 2 is 2.07 bits per heavy atom. The van der Waals surface area contributed by atoms with E-state index in [0.717, 1.165) is 18.4 Å². The number of hydrogen-bond acceptors (Lipinski definition) is 5. The van der Waals surface area contributed by atoms with Crippen molar-refractivity contribution in [3.8, 4) is 5.75 Å². The lowest BCUT2D eigenvalue weighted by Gasteiger charge is -2.31. The highest BCUT2D eigenvalue weighted by Crippen LogP contribution is 2.28. The second-order valence-corrected chi connectivity index (χ2v) is 6.93. The lowest BCUT2D eigenvalue weighted by atomic mass is 9.97. The first-order valence-corrected chi connectivity index (χ1v) is 9.22. The number of carbonyl (C=O) groups excluding carboxylic acids is 1. The molecule has 1 fully saturated rings. The molecule has 28 heavy (non-hydrogen) atoms. The van der Waals surface area contributed by atoms with Gasteiger partial charge in [0.25, 0.3) is 5.91 Å². The largest absolute Gasteiger partial charge is 0.505 e. The van der Waals surface area contributed by atoms with E-state index in [9.17, 15) is 14.3 Å². The summed E-state index contributed by atoms with van der Waals surface area (Å²) in [6.07, 6.45) is 5.40. The van der Waals surface area contributed by atoms with Gasteiger partial charge in [0.1, 0.15) is 17.3 Å². The number of amides is 1. The van der Waals surface area contributed by atoms with Crippen molar-refractivity contribution >= 4 is 5.91 Å². The third kappa shape index (κ3) is 3.88. The summed E-state index contributed by atoms with van der Waals surface area (Å²) in [5, 5.41) is 9.89. The zero-order valence-corrected chi connectivity index (χ0v) is 15.2. The van der Waals surface area contributed by atoms with Crippen LogP contribution in [0.4, 0.5) is 4.39 Å². The van der Waals surface area contributed by atoms with Crippen LogP contribution in [-0.2, 0) is 6.42 Å². The number of carbonyl (C=O) groups is 1. The number of piperidine rings is 1. The molecule has 3 heterocycles. The van der Waals surface area contributed by atoms with Crippen LogP contribution in [0.15, 0.2) is 53.2 Å². The van der Waals surface area contributed by atoms with Crippen molar-refractivity contribution in [2.24, 2.45) is 0 Å². The molecular formula is C21H20FN3O3. The quantitative estimate of drug-likeness (QED) is 0.748. The van der Waals surface area contributed by atoms with Gasteiger partial charge in [-0.15, -0.1) is 0 Å². The molecule has 1 saturated heterocycles. The summed E-state index contributed by atoms with van der Waals surface area (Å²) in [5.41, 5.74) is 1.00. The van der Waals surface area contributed by atoms with Crippen molar-refractivity contribution in [2.75, 3.05) is 13.1 Å². The summed E-state index contributed by atoms with van der Waals surface area (Å²) < 4.78 is 18.9. The van der Waals surface area contributed by atoms with Crippen LogP contribution in [0.3, 0.4) is 0 Å². The van der Waals surface area contributed by atoms with Crippen molar-refractivity contribution in [2.45, 2.75) is 25.2 Å². The number of oxazole rings is 1. The Morgan fingerprint density at radius 1 is 1.25 bits per heavy atom. The highest BCUT2D eigenvalue weighted by atomic mass is 19.1. The molecule has 1 atom stereocenters. The fourth-order valence-corrected chi connectivity index (χ4v) is 3.47. The molecule has 1 aliphatic heterocycles. The number of aromatic nitrogens is 2. The van der Waals surface area contributed by atoms with Gasteiger partial charge in [0.15, 0.2) is 11.6 Å². The number of halogens is 1. The molecule has 2 aromatic heterocycles. The van der Waals surface area contributed by atoms with Gasteiger partial charge in [0.05, 0.1) is 12.1 Å². The number of hydrogen-bond donors (Lipinski definition) is 1. The Balaban J connectivity index is 1.45. The Bertz CT molecular complexity index is 971. The minimum absolute atomic E-state index is 0.00878. The molecule has 0 bridgehead atoms. The van der Waals surface area contributed by atoms with Crippen LogP contribution >= 0.6 is 0 Å². The normalized spacial score (nSPS) is 16.9. The van der Waals surface area contributed by atoms with Crippen LogP contribution in [0.1, 0.15) is 46.5 Å². The summed E-state index contributed by atoms with van der Waals surface area (Å²) in [4.78, 5) is 22.8. The van der Waals surface area contributed by atoms with E-state index in [1.165, 1.54) is 24.4 Å². The maximum absolute atomic E-state index is 13.0. The molecule has 1 aromatic carbocycles. The van der Waals surface area contributed by atoms with E-state index >= 15 is 0 Å². The summed E-state index contributed by atoms with van der Waals surface area (Å²) in [5.74, 6) is 0.610. The molecule has 7 heteroatoms. The lowest BCUT2D eigenvalue weighted by molar-refractivity contribution is 0.0688. The van der Waals surface area contributed by atoms with Gasteiger partial charge >= 0.3 is 0 Å². The molecule has 0 radical (unpaired) electrons. The Kier molecular flexibility index (Phi) is 5.06. The number of pyridine rings is 1. The first kappa shape index (κ1) is 18.2. The Hall–Kier alpha value is -3.22. The second-order valence-electron chi connectivity index (χ2n) is 6.93. The third-order valence-corrected chi connectivity index (χ3v) is 4.91. The van der Waals surface area contributed by atoms with Gasteiger partial charge in [-0.05, 0) is 42.7 Å². The molecule has 0 spiro atoms. The fourth-order valence-electron chi connectivity index (χ4n) is 3.47. The zero-order valence-electron chi connectivity index (χ0n) is 15.2. The fraction of sp³-hybridized carbons (Fsp3) is 0.286. The lowest BCUT2D eigenvalue weighted by Crippen LogP contribution is -2.39. The van der Waals surface area contributed by atoms with Gasteiger partial charge in [-0.2, -0.15) is 0 Å². The molecule has 1 aliphatic rings. The molecular weight excluding hydrogens is 361 g/mol. The third-order valence-electron chi connectivity index (χ3n) is 4.91. The highest BCUT2D eigenvalue weighted by Gasteiger charge is 2.30. The number of aromatic hydroxyl groups is 1. The topological polar surface area (TPSA) is 79.5 Å². The average molecular weight is 381 g/mol. The first-order chi connectivity index (χ1) is 13.6. The van der Waals surface area contributed by atoms with E-state index in [2.05, 4.69) is 9.97 Å². The van der Waals surface area contributed by atoms with Crippen LogP contribution in [0.25, 0.3) is 0 Å². The molecule has 3 aromatic rings. The molecule has 0 unspecified atom stereocenters. The number of nitrogens with zero attached hydrogens (tertiary/aromatic N) is 3. The number of likely N-dealkylation sites (tertiary alicyclic amines) is 1. The SMILES string of the molecule is O=C(c1ncccc1O)N1CCC[C@@H](c2ncc(Cc3ccc(F)cc3)o2)C1. The van der Waals surface area contributed by atoms with Crippen molar-refractivity contribution in [3.05, 3.63) is 77.5 Å². The van der Waals surface area contributed by atoms with Crippen molar-refractivity contribution in [3.63, 3.8) is 0 Å².